The standard InChI is InChI=1S/C23H30F3N7/c1-15(17-8-9-17)33-14-28-19-20(29-22(30-21(19)33)27-10-11-31(2)3)32(4)13-16-6-5-7-18(12-16)23(24,25)26/h5-7,12,14-15,17H,8-11,13H2,1-4H3,(H,27,29,30). The second-order valence-electron chi connectivity index (χ2n) is 9.06. The molecule has 1 unspecified atom stereocenters. The number of halogens is 3. The second-order valence-corrected chi connectivity index (χ2v) is 9.06. The van der Waals surface area contributed by atoms with E-state index in [2.05, 4.69) is 31.7 Å². The van der Waals surface area contributed by atoms with Crippen molar-refractivity contribution in [2.75, 3.05) is 44.4 Å². The molecular weight excluding hydrogens is 431 g/mol. The Bertz CT molecular complexity index is 1110. The summed E-state index contributed by atoms with van der Waals surface area (Å²) in [6.45, 7) is 3.92. The van der Waals surface area contributed by atoms with E-state index in [0.717, 1.165) is 18.3 Å². The molecule has 0 amide bonds. The fraction of sp³-hybridized carbons (Fsp3) is 0.522. The van der Waals surface area contributed by atoms with Crippen LogP contribution in [0.1, 0.15) is 36.9 Å². The van der Waals surface area contributed by atoms with E-state index in [0.29, 0.717) is 35.3 Å². The normalized spacial score (nSPS) is 15.3. The average Bonchev–Trinajstić information content (AvgIpc) is 3.51. The summed E-state index contributed by atoms with van der Waals surface area (Å²) in [5, 5.41) is 3.28. The molecule has 33 heavy (non-hydrogen) atoms. The number of hydrogen-bond acceptors (Lipinski definition) is 6. The molecule has 0 saturated heterocycles. The van der Waals surface area contributed by atoms with Gasteiger partial charge < -0.3 is 19.7 Å². The first-order chi connectivity index (χ1) is 15.6. The van der Waals surface area contributed by atoms with Gasteiger partial charge in [-0.05, 0) is 57.5 Å². The summed E-state index contributed by atoms with van der Waals surface area (Å²) in [7, 11) is 5.80. The Kier molecular flexibility index (Phi) is 6.47. The maximum Gasteiger partial charge on any atom is 0.416 e. The molecule has 7 nitrogen and oxygen atoms in total. The molecule has 0 bridgehead atoms. The molecular formula is C23H30F3N7. The van der Waals surface area contributed by atoms with Crippen LogP contribution in [0.15, 0.2) is 30.6 Å². The lowest BCUT2D eigenvalue weighted by Crippen LogP contribution is -2.23. The van der Waals surface area contributed by atoms with Crippen LogP contribution in [0, 0.1) is 5.92 Å². The van der Waals surface area contributed by atoms with E-state index >= 15 is 0 Å². The second kappa shape index (κ2) is 9.17. The number of hydrogen-bond donors (Lipinski definition) is 1. The van der Waals surface area contributed by atoms with Crippen molar-refractivity contribution in [2.24, 2.45) is 5.92 Å². The predicted octanol–water partition coefficient (Wildman–Crippen LogP) is 4.43. The zero-order valence-corrected chi connectivity index (χ0v) is 19.4. The van der Waals surface area contributed by atoms with Gasteiger partial charge in [0.15, 0.2) is 17.0 Å². The van der Waals surface area contributed by atoms with Gasteiger partial charge in [0.2, 0.25) is 5.95 Å². The molecule has 4 rings (SSSR count). The topological polar surface area (TPSA) is 62.1 Å². The molecule has 3 aromatic rings. The van der Waals surface area contributed by atoms with Gasteiger partial charge in [0.1, 0.15) is 0 Å². The van der Waals surface area contributed by atoms with E-state index in [9.17, 15) is 13.2 Å². The van der Waals surface area contributed by atoms with Crippen molar-refractivity contribution in [1.82, 2.24) is 24.4 Å². The third-order valence-electron chi connectivity index (χ3n) is 6.02. The number of nitrogens with one attached hydrogen (secondary N) is 1. The minimum absolute atomic E-state index is 0.262. The SMILES string of the molecule is CC(C1CC1)n1cnc2c(N(C)Cc3cccc(C(F)(F)F)c3)nc(NCCN(C)C)nc21. The summed E-state index contributed by atoms with van der Waals surface area (Å²) in [6.07, 6.45) is -0.185. The van der Waals surface area contributed by atoms with Crippen molar-refractivity contribution in [2.45, 2.75) is 38.5 Å². The van der Waals surface area contributed by atoms with Crippen LogP contribution in [-0.4, -0.2) is 58.7 Å². The molecule has 10 heteroatoms. The van der Waals surface area contributed by atoms with E-state index in [1.807, 2.05) is 26.0 Å². The van der Waals surface area contributed by atoms with Gasteiger partial charge >= 0.3 is 6.18 Å². The van der Waals surface area contributed by atoms with Gasteiger partial charge in [-0.3, -0.25) is 0 Å². The van der Waals surface area contributed by atoms with Crippen molar-refractivity contribution < 1.29 is 13.2 Å². The molecule has 1 aliphatic carbocycles. The van der Waals surface area contributed by atoms with Gasteiger partial charge in [-0.2, -0.15) is 23.1 Å². The number of aromatic nitrogens is 4. The minimum atomic E-state index is -4.38. The Balaban J connectivity index is 1.67. The van der Waals surface area contributed by atoms with Crippen LogP contribution in [0.3, 0.4) is 0 Å². The van der Waals surface area contributed by atoms with Crippen LogP contribution >= 0.6 is 0 Å². The Morgan fingerprint density at radius 2 is 1.94 bits per heavy atom. The van der Waals surface area contributed by atoms with Crippen LogP contribution in [0.25, 0.3) is 11.2 Å². The van der Waals surface area contributed by atoms with Crippen LogP contribution in [-0.2, 0) is 12.7 Å². The lowest BCUT2D eigenvalue weighted by Gasteiger charge is -2.21. The fourth-order valence-electron chi connectivity index (χ4n) is 3.94. The van der Waals surface area contributed by atoms with E-state index in [1.54, 1.807) is 12.4 Å². The highest BCUT2D eigenvalue weighted by Gasteiger charge is 2.32. The summed E-state index contributed by atoms with van der Waals surface area (Å²) in [5.41, 5.74) is 1.28. The van der Waals surface area contributed by atoms with E-state index in [4.69, 9.17) is 4.98 Å². The third kappa shape index (κ3) is 5.38. The highest BCUT2D eigenvalue weighted by molar-refractivity contribution is 5.85. The van der Waals surface area contributed by atoms with Crippen LogP contribution in [0.4, 0.5) is 24.9 Å². The molecule has 0 spiro atoms. The molecule has 2 aromatic heterocycles. The number of likely N-dealkylation sites (N-methyl/N-ethyl adjacent to an activating group) is 1. The summed E-state index contributed by atoms with van der Waals surface area (Å²) < 4.78 is 41.6. The average molecular weight is 462 g/mol. The van der Waals surface area contributed by atoms with Crippen molar-refractivity contribution in [3.05, 3.63) is 41.7 Å². The molecule has 2 heterocycles. The molecule has 1 saturated carbocycles. The molecule has 1 aliphatic rings. The zero-order chi connectivity index (χ0) is 23.8. The van der Waals surface area contributed by atoms with Crippen LogP contribution in [0.2, 0.25) is 0 Å². The lowest BCUT2D eigenvalue weighted by molar-refractivity contribution is -0.137. The third-order valence-corrected chi connectivity index (χ3v) is 6.02. The Hall–Kier alpha value is -2.88. The molecule has 0 aliphatic heterocycles. The molecule has 1 aromatic carbocycles. The smallest absolute Gasteiger partial charge is 0.353 e. The monoisotopic (exact) mass is 461 g/mol. The number of rotatable bonds is 9. The maximum atomic E-state index is 13.2. The van der Waals surface area contributed by atoms with Gasteiger partial charge in [-0.1, -0.05) is 12.1 Å². The van der Waals surface area contributed by atoms with Crippen LogP contribution in [0.5, 0.6) is 0 Å². The number of alkyl halides is 3. The van der Waals surface area contributed by atoms with Gasteiger partial charge in [0, 0.05) is 32.7 Å². The number of fused-ring (bicyclic) bond motifs is 1. The van der Waals surface area contributed by atoms with Crippen molar-refractivity contribution in [3.8, 4) is 0 Å². The van der Waals surface area contributed by atoms with E-state index in [1.165, 1.54) is 25.0 Å². The number of anilines is 2. The van der Waals surface area contributed by atoms with E-state index < -0.39 is 11.7 Å². The Morgan fingerprint density at radius 3 is 2.61 bits per heavy atom. The largest absolute Gasteiger partial charge is 0.416 e. The summed E-state index contributed by atoms with van der Waals surface area (Å²) in [6, 6.07) is 5.66. The number of imidazole rings is 1. The molecule has 1 N–H and O–H groups in total. The molecule has 1 atom stereocenters. The van der Waals surface area contributed by atoms with Crippen molar-refractivity contribution in [1.29, 1.82) is 0 Å². The number of nitrogens with zero attached hydrogens (tertiary/aromatic N) is 6. The van der Waals surface area contributed by atoms with Gasteiger partial charge in [0.05, 0.1) is 11.9 Å². The summed E-state index contributed by atoms with van der Waals surface area (Å²) in [4.78, 5) is 17.9. The van der Waals surface area contributed by atoms with E-state index in [-0.39, 0.29) is 12.6 Å². The molecule has 178 valence electrons. The maximum absolute atomic E-state index is 13.2. The van der Waals surface area contributed by atoms with Gasteiger partial charge in [-0.15, -0.1) is 0 Å². The first-order valence-electron chi connectivity index (χ1n) is 11.1. The van der Waals surface area contributed by atoms with Gasteiger partial charge in [0.25, 0.3) is 0 Å². The Morgan fingerprint density at radius 1 is 1.18 bits per heavy atom. The zero-order valence-electron chi connectivity index (χ0n) is 19.4. The first-order valence-corrected chi connectivity index (χ1v) is 11.1. The highest BCUT2D eigenvalue weighted by Crippen LogP contribution is 2.41. The quantitative estimate of drug-likeness (QED) is 0.509. The summed E-state index contributed by atoms with van der Waals surface area (Å²) in [5.74, 6) is 1.69. The number of benzene rings is 1. The Labute approximate surface area is 191 Å². The molecule has 1 fully saturated rings. The summed E-state index contributed by atoms with van der Waals surface area (Å²) >= 11 is 0. The predicted molar refractivity (Wildman–Crippen MR) is 123 cm³/mol. The first kappa shape index (κ1) is 23.3. The van der Waals surface area contributed by atoms with Crippen LogP contribution < -0.4 is 10.2 Å². The molecule has 0 radical (unpaired) electrons. The minimum Gasteiger partial charge on any atom is -0.353 e. The fourth-order valence-corrected chi connectivity index (χ4v) is 3.94. The van der Waals surface area contributed by atoms with Gasteiger partial charge in [-0.25, -0.2) is 4.98 Å². The lowest BCUT2D eigenvalue weighted by atomic mass is 10.1. The van der Waals surface area contributed by atoms with Crippen molar-refractivity contribution in [3.63, 3.8) is 0 Å². The van der Waals surface area contributed by atoms with Crippen molar-refractivity contribution >= 4 is 22.9 Å². The highest BCUT2D eigenvalue weighted by atomic mass is 19.4.